The minimum absolute atomic E-state index is 0.112. The smallest absolute Gasteiger partial charge is 0.224 e. The number of hydrogen-bond donors (Lipinski definition) is 1. The zero-order valence-corrected chi connectivity index (χ0v) is 7.79. The Bertz CT molecular complexity index is 283. The first kappa shape index (κ1) is 9.80. The average Bonchev–Trinajstić information content (AvgIpc) is 2.03. The lowest BCUT2D eigenvalue weighted by atomic mass is 10.4. The Morgan fingerprint density at radius 3 is 3.00 bits per heavy atom. The van der Waals surface area contributed by atoms with Gasteiger partial charge >= 0.3 is 0 Å². The third kappa shape index (κ3) is 3.29. The number of nitrogens with two attached hydrogens (primary N) is 1. The van der Waals surface area contributed by atoms with E-state index in [9.17, 15) is 0 Å². The van der Waals surface area contributed by atoms with Crippen molar-refractivity contribution in [3.63, 3.8) is 0 Å². The highest BCUT2D eigenvalue weighted by atomic mass is 35.5. The molecule has 0 radical (unpaired) electrons. The fraction of sp³-hybridized carbons (Fsp3) is 0.250. The van der Waals surface area contributed by atoms with E-state index < -0.39 is 0 Å². The van der Waals surface area contributed by atoms with Crippen LogP contribution in [0.2, 0.25) is 5.15 Å². The average molecular weight is 200 g/mol. The van der Waals surface area contributed by atoms with Crippen molar-refractivity contribution in [2.75, 3.05) is 12.3 Å². The minimum atomic E-state index is 0.112. The van der Waals surface area contributed by atoms with Crippen LogP contribution >= 0.6 is 11.6 Å². The summed E-state index contributed by atoms with van der Waals surface area (Å²) in [5, 5.41) is 0.279. The van der Waals surface area contributed by atoms with Gasteiger partial charge in [-0.05, 0) is 6.42 Å². The Morgan fingerprint density at radius 1 is 1.62 bits per heavy atom. The first-order valence-electron chi connectivity index (χ1n) is 3.76. The predicted molar refractivity (Wildman–Crippen MR) is 51.8 cm³/mol. The van der Waals surface area contributed by atoms with Crippen LogP contribution in [0, 0.1) is 0 Å². The minimum Gasteiger partial charge on any atom is -0.477 e. The predicted octanol–water partition coefficient (Wildman–Crippen LogP) is 1.67. The summed E-state index contributed by atoms with van der Waals surface area (Å²) < 4.78 is 5.22. The summed E-state index contributed by atoms with van der Waals surface area (Å²) >= 11 is 5.63. The second-order valence-corrected chi connectivity index (χ2v) is 2.70. The summed E-state index contributed by atoms with van der Waals surface area (Å²) in [6.45, 7) is 4.07. The van der Waals surface area contributed by atoms with Crippen LogP contribution in [0.25, 0.3) is 0 Å². The molecule has 0 unspecified atom stereocenters. The monoisotopic (exact) mass is 199 g/mol. The van der Waals surface area contributed by atoms with Gasteiger partial charge in [-0.25, -0.2) is 4.98 Å². The van der Waals surface area contributed by atoms with Crippen molar-refractivity contribution in [2.45, 2.75) is 6.42 Å². The largest absolute Gasteiger partial charge is 0.477 e. The van der Waals surface area contributed by atoms with Gasteiger partial charge in [0.05, 0.1) is 6.61 Å². The van der Waals surface area contributed by atoms with Gasteiger partial charge in [-0.1, -0.05) is 17.7 Å². The van der Waals surface area contributed by atoms with Crippen molar-refractivity contribution in [1.82, 2.24) is 9.97 Å². The van der Waals surface area contributed by atoms with Gasteiger partial charge in [0.15, 0.2) is 0 Å². The quantitative estimate of drug-likeness (QED) is 0.455. The van der Waals surface area contributed by atoms with Crippen LogP contribution in [-0.2, 0) is 0 Å². The molecule has 1 aromatic heterocycles. The van der Waals surface area contributed by atoms with Gasteiger partial charge in [0.1, 0.15) is 5.15 Å². The zero-order valence-electron chi connectivity index (χ0n) is 7.03. The SMILES string of the molecule is C=CCCOc1cc(Cl)nc(N)n1. The zero-order chi connectivity index (χ0) is 9.68. The molecule has 0 aliphatic carbocycles. The van der Waals surface area contributed by atoms with E-state index >= 15 is 0 Å². The molecule has 4 nitrogen and oxygen atoms in total. The molecule has 1 rings (SSSR count). The fourth-order valence-electron chi connectivity index (χ4n) is 0.735. The molecule has 0 saturated heterocycles. The molecule has 0 bridgehead atoms. The highest BCUT2D eigenvalue weighted by Gasteiger charge is 2.00. The van der Waals surface area contributed by atoms with Gasteiger partial charge in [0, 0.05) is 6.07 Å². The Balaban J connectivity index is 2.60. The molecule has 0 aliphatic rings. The van der Waals surface area contributed by atoms with E-state index in [-0.39, 0.29) is 11.1 Å². The van der Waals surface area contributed by atoms with Crippen molar-refractivity contribution in [1.29, 1.82) is 0 Å². The number of nitrogens with zero attached hydrogens (tertiary/aromatic N) is 2. The molecule has 1 heterocycles. The first-order chi connectivity index (χ1) is 6.22. The van der Waals surface area contributed by atoms with E-state index in [0.29, 0.717) is 12.5 Å². The lowest BCUT2D eigenvalue weighted by molar-refractivity contribution is 0.312. The molecule has 0 fully saturated rings. The van der Waals surface area contributed by atoms with Crippen LogP contribution in [0.1, 0.15) is 6.42 Å². The van der Waals surface area contributed by atoms with Gasteiger partial charge in [0.2, 0.25) is 11.8 Å². The molecule has 0 aliphatic heterocycles. The number of anilines is 1. The van der Waals surface area contributed by atoms with E-state index in [1.165, 1.54) is 6.07 Å². The summed E-state index contributed by atoms with van der Waals surface area (Å²) in [6, 6.07) is 1.51. The second-order valence-electron chi connectivity index (χ2n) is 2.31. The van der Waals surface area contributed by atoms with Crippen molar-refractivity contribution < 1.29 is 4.74 Å². The van der Waals surface area contributed by atoms with Crippen LogP contribution in [0.15, 0.2) is 18.7 Å². The molecule has 0 spiro atoms. The molecule has 13 heavy (non-hydrogen) atoms. The number of rotatable bonds is 4. The topological polar surface area (TPSA) is 61.0 Å². The third-order valence-corrected chi connectivity index (χ3v) is 1.45. The number of aromatic nitrogens is 2. The first-order valence-corrected chi connectivity index (χ1v) is 4.14. The van der Waals surface area contributed by atoms with E-state index in [0.717, 1.165) is 6.42 Å². The standard InChI is InChI=1S/C8H10ClN3O/c1-2-3-4-13-7-5-6(9)11-8(10)12-7/h2,5H,1,3-4H2,(H2,10,11,12). The molecule has 70 valence electrons. The lowest BCUT2D eigenvalue weighted by Gasteiger charge is -2.03. The Morgan fingerprint density at radius 2 is 2.38 bits per heavy atom. The maximum atomic E-state index is 5.63. The van der Waals surface area contributed by atoms with Crippen LogP contribution in [0.5, 0.6) is 5.88 Å². The summed E-state index contributed by atoms with van der Waals surface area (Å²) in [5.74, 6) is 0.500. The van der Waals surface area contributed by atoms with Gasteiger partial charge < -0.3 is 10.5 Å². The van der Waals surface area contributed by atoms with E-state index in [4.69, 9.17) is 22.1 Å². The van der Waals surface area contributed by atoms with Crippen LogP contribution in [-0.4, -0.2) is 16.6 Å². The van der Waals surface area contributed by atoms with Crippen LogP contribution in [0.4, 0.5) is 5.95 Å². The summed E-state index contributed by atoms with van der Waals surface area (Å²) in [6.07, 6.45) is 2.51. The molecule has 2 N–H and O–H groups in total. The third-order valence-electron chi connectivity index (χ3n) is 1.26. The highest BCUT2D eigenvalue weighted by Crippen LogP contribution is 2.14. The second kappa shape index (κ2) is 4.67. The normalized spacial score (nSPS) is 9.62. The molecule has 0 aromatic carbocycles. The van der Waals surface area contributed by atoms with Gasteiger partial charge in [-0.15, -0.1) is 6.58 Å². The maximum absolute atomic E-state index is 5.63. The molecule has 0 saturated carbocycles. The summed E-state index contributed by atoms with van der Waals surface area (Å²) in [4.78, 5) is 7.53. The molecular weight excluding hydrogens is 190 g/mol. The van der Waals surface area contributed by atoms with Gasteiger partial charge in [-0.3, -0.25) is 0 Å². The van der Waals surface area contributed by atoms with E-state index in [2.05, 4.69) is 16.5 Å². The van der Waals surface area contributed by atoms with Gasteiger partial charge in [0.25, 0.3) is 0 Å². The number of hydrogen-bond acceptors (Lipinski definition) is 4. The maximum Gasteiger partial charge on any atom is 0.224 e. The highest BCUT2D eigenvalue weighted by molar-refractivity contribution is 6.29. The van der Waals surface area contributed by atoms with Crippen LogP contribution < -0.4 is 10.5 Å². The Hall–Kier alpha value is -1.29. The Kier molecular flexibility index (Phi) is 3.52. The van der Waals surface area contributed by atoms with E-state index in [1.54, 1.807) is 6.08 Å². The number of halogens is 1. The van der Waals surface area contributed by atoms with Crippen LogP contribution in [0.3, 0.4) is 0 Å². The van der Waals surface area contributed by atoms with Crippen molar-refractivity contribution in [3.8, 4) is 5.88 Å². The summed E-state index contributed by atoms with van der Waals surface area (Å²) in [5.41, 5.74) is 5.36. The molecule has 0 atom stereocenters. The molecule has 1 aromatic rings. The van der Waals surface area contributed by atoms with E-state index in [1.807, 2.05) is 0 Å². The van der Waals surface area contributed by atoms with Crippen molar-refractivity contribution in [3.05, 3.63) is 23.9 Å². The Labute approximate surface area is 81.4 Å². The number of nitrogen functional groups attached to an aromatic ring is 1. The number of ether oxygens (including phenoxy) is 1. The molecular formula is C8H10ClN3O. The van der Waals surface area contributed by atoms with Gasteiger partial charge in [-0.2, -0.15) is 4.98 Å². The summed E-state index contributed by atoms with van der Waals surface area (Å²) in [7, 11) is 0. The molecule has 0 amide bonds. The molecule has 5 heteroatoms. The fourth-order valence-corrected chi connectivity index (χ4v) is 0.914. The van der Waals surface area contributed by atoms with Crippen molar-refractivity contribution >= 4 is 17.5 Å². The lowest BCUT2D eigenvalue weighted by Crippen LogP contribution is -2.01. The van der Waals surface area contributed by atoms with Crippen molar-refractivity contribution in [2.24, 2.45) is 0 Å².